The van der Waals surface area contributed by atoms with Gasteiger partial charge < -0.3 is 10.6 Å². The molecule has 1 aliphatic heterocycles. The minimum absolute atomic E-state index is 0.181. The Labute approximate surface area is 128 Å². The van der Waals surface area contributed by atoms with Gasteiger partial charge in [-0.05, 0) is 12.8 Å². The number of carbonyl (C=O) groups is 1. The Hall–Kier alpha value is -1.32. The second-order valence-electron chi connectivity index (χ2n) is 6.39. The van der Waals surface area contributed by atoms with Gasteiger partial charge in [0.2, 0.25) is 0 Å². The highest BCUT2D eigenvalue weighted by Crippen LogP contribution is 2.34. The third-order valence-electron chi connectivity index (χ3n) is 4.93. The van der Waals surface area contributed by atoms with Crippen molar-refractivity contribution in [2.45, 2.75) is 76.2 Å². The lowest BCUT2D eigenvalue weighted by molar-refractivity contribution is 0.163. The van der Waals surface area contributed by atoms with Crippen molar-refractivity contribution >= 4 is 11.9 Å². The first kappa shape index (κ1) is 16.1. The minimum Gasteiger partial charge on any atom is -0.385 e. The lowest BCUT2D eigenvalue weighted by Gasteiger charge is -2.38. The van der Waals surface area contributed by atoms with Crippen molar-refractivity contribution in [1.29, 1.82) is 0 Å². The zero-order valence-corrected chi connectivity index (χ0v) is 13.1. The van der Waals surface area contributed by atoms with Crippen molar-refractivity contribution in [3.05, 3.63) is 12.7 Å². The number of amidine groups is 1. The number of aliphatic imine (C=N–C) groups is 1. The maximum Gasteiger partial charge on any atom is 0.346 e. The van der Waals surface area contributed by atoms with Crippen LogP contribution in [-0.2, 0) is 0 Å². The number of hydrogen-bond donors (Lipinski definition) is 1. The van der Waals surface area contributed by atoms with E-state index in [-0.39, 0.29) is 11.6 Å². The lowest BCUT2D eigenvalue weighted by Crippen LogP contribution is -2.54. The van der Waals surface area contributed by atoms with Gasteiger partial charge in [-0.2, -0.15) is 4.99 Å². The van der Waals surface area contributed by atoms with E-state index in [1.807, 2.05) is 4.90 Å². The lowest BCUT2D eigenvalue weighted by atomic mass is 9.83. The molecule has 0 aromatic heterocycles. The number of nitrogens with zero attached hydrogens (tertiary/aromatic N) is 2. The van der Waals surface area contributed by atoms with Gasteiger partial charge in [0, 0.05) is 6.54 Å². The summed E-state index contributed by atoms with van der Waals surface area (Å²) in [4.78, 5) is 18.0. The van der Waals surface area contributed by atoms with Crippen molar-refractivity contribution < 1.29 is 4.79 Å². The fourth-order valence-corrected chi connectivity index (χ4v) is 3.69. The summed E-state index contributed by atoms with van der Waals surface area (Å²) in [6.07, 6.45) is 15.0. The number of carbonyl (C=O) groups excluding carboxylic acids is 1. The van der Waals surface area contributed by atoms with Gasteiger partial charge in [0.1, 0.15) is 11.4 Å². The Morgan fingerprint density at radius 2 is 1.52 bits per heavy atom. The third kappa shape index (κ3) is 3.66. The third-order valence-corrected chi connectivity index (χ3v) is 4.93. The summed E-state index contributed by atoms with van der Waals surface area (Å²) in [5.41, 5.74) is 5.85. The molecule has 118 valence electrons. The summed E-state index contributed by atoms with van der Waals surface area (Å²) >= 11 is 0. The molecule has 2 rings (SSSR count). The summed E-state index contributed by atoms with van der Waals surface area (Å²) in [5.74, 6) is 0.534. The van der Waals surface area contributed by atoms with E-state index < -0.39 is 0 Å². The number of urea groups is 1. The second-order valence-corrected chi connectivity index (χ2v) is 6.39. The molecule has 0 unspecified atom stereocenters. The van der Waals surface area contributed by atoms with Crippen LogP contribution in [0.4, 0.5) is 4.79 Å². The minimum atomic E-state index is -0.343. The summed E-state index contributed by atoms with van der Waals surface area (Å²) < 4.78 is 0. The Bertz CT molecular complexity index is 391. The molecule has 0 radical (unpaired) electrons. The number of amides is 2. The zero-order chi connectivity index (χ0) is 15.1. The molecular formula is C17H29N3O. The fraction of sp³-hybridized carbons (Fsp3) is 0.765. The van der Waals surface area contributed by atoms with Crippen molar-refractivity contribution in [1.82, 2.24) is 4.90 Å². The van der Waals surface area contributed by atoms with E-state index in [4.69, 9.17) is 5.73 Å². The van der Waals surface area contributed by atoms with Gasteiger partial charge >= 0.3 is 6.03 Å². The normalized spacial score (nSPS) is 24.3. The highest BCUT2D eigenvalue weighted by molar-refractivity contribution is 6.05. The fourth-order valence-electron chi connectivity index (χ4n) is 3.69. The molecule has 0 bridgehead atoms. The molecule has 1 aliphatic carbocycles. The summed E-state index contributed by atoms with van der Waals surface area (Å²) in [5, 5.41) is 0. The van der Waals surface area contributed by atoms with Gasteiger partial charge in [-0.1, -0.05) is 63.9 Å². The van der Waals surface area contributed by atoms with Gasteiger partial charge in [0.25, 0.3) is 0 Å². The average molecular weight is 291 g/mol. The van der Waals surface area contributed by atoms with E-state index in [1.54, 1.807) is 6.08 Å². The second kappa shape index (κ2) is 7.62. The Balaban J connectivity index is 2.13. The standard InChI is InChI=1S/C17H29N3O/c1-2-14-20-16(21)19-15(18)17(20)12-10-8-6-4-3-5-7-9-11-13-17/h2H,1,3-14H2,(H2,18,19,21). The predicted molar refractivity (Wildman–Crippen MR) is 87.4 cm³/mol. The molecular weight excluding hydrogens is 262 g/mol. The van der Waals surface area contributed by atoms with Gasteiger partial charge in [-0.3, -0.25) is 0 Å². The highest BCUT2D eigenvalue weighted by atomic mass is 16.2. The average Bonchev–Trinajstić information content (AvgIpc) is 2.67. The van der Waals surface area contributed by atoms with Gasteiger partial charge in [0.15, 0.2) is 0 Å². The molecule has 4 heteroatoms. The first-order valence-electron chi connectivity index (χ1n) is 8.48. The molecule has 2 N–H and O–H groups in total. The topological polar surface area (TPSA) is 58.7 Å². The largest absolute Gasteiger partial charge is 0.385 e. The molecule has 1 spiro atoms. The molecule has 0 saturated heterocycles. The quantitative estimate of drug-likeness (QED) is 0.781. The van der Waals surface area contributed by atoms with Crippen LogP contribution < -0.4 is 5.73 Å². The van der Waals surface area contributed by atoms with E-state index in [2.05, 4.69) is 11.6 Å². The molecule has 4 nitrogen and oxygen atoms in total. The van der Waals surface area contributed by atoms with Crippen LogP contribution in [0.5, 0.6) is 0 Å². The van der Waals surface area contributed by atoms with E-state index in [0.29, 0.717) is 12.4 Å². The van der Waals surface area contributed by atoms with Crippen molar-refractivity contribution in [2.24, 2.45) is 10.7 Å². The number of nitrogens with two attached hydrogens (primary N) is 1. The van der Waals surface area contributed by atoms with E-state index in [0.717, 1.165) is 25.7 Å². The smallest absolute Gasteiger partial charge is 0.346 e. The Morgan fingerprint density at radius 3 is 2.00 bits per heavy atom. The Morgan fingerprint density at radius 1 is 1.05 bits per heavy atom. The van der Waals surface area contributed by atoms with Crippen LogP contribution >= 0.6 is 0 Å². The molecule has 2 aliphatic rings. The predicted octanol–water partition coefficient (Wildman–Crippen LogP) is 4.01. The molecule has 2 amide bonds. The molecule has 1 fully saturated rings. The van der Waals surface area contributed by atoms with E-state index in [9.17, 15) is 4.79 Å². The van der Waals surface area contributed by atoms with Gasteiger partial charge in [0.05, 0.1) is 0 Å². The van der Waals surface area contributed by atoms with Gasteiger partial charge in [-0.25, -0.2) is 4.79 Å². The van der Waals surface area contributed by atoms with Crippen LogP contribution in [0.2, 0.25) is 0 Å². The first-order valence-corrected chi connectivity index (χ1v) is 8.48. The van der Waals surface area contributed by atoms with Crippen molar-refractivity contribution in [2.75, 3.05) is 6.54 Å². The number of rotatable bonds is 2. The van der Waals surface area contributed by atoms with Crippen LogP contribution in [0.3, 0.4) is 0 Å². The van der Waals surface area contributed by atoms with Crippen LogP contribution in [0.15, 0.2) is 17.6 Å². The SMILES string of the molecule is C=CCN1C(=O)N=C(N)C12CCCCCCCCCCC2. The van der Waals surface area contributed by atoms with E-state index >= 15 is 0 Å². The van der Waals surface area contributed by atoms with Crippen LogP contribution in [-0.4, -0.2) is 28.9 Å². The summed E-state index contributed by atoms with van der Waals surface area (Å²) in [6, 6.07) is -0.181. The molecule has 0 aromatic rings. The molecule has 0 aromatic carbocycles. The van der Waals surface area contributed by atoms with Gasteiger partial charge in [-0.15, -0.1) is 6.58 Å². The maximum atomic E-state index is 12.1. The summed E-state index contributed by atoms with van der Waals surface area (Å²) in [6.45, 7) is 4.32. The monoisotopic (exact) mass is 291 g/mol. The van der Waals surface area contributed by atoms with E-state index in [1.165, 1.54) is 44.9 Å². The number of hydrogen-bond acceptors (Lipinski definition) is 2. The zero-order valence-electron chi connectivity index (χ0n) is 13.1. The molecule has 21 heavy (non-hydrogen) atoms. The van der Waals surface area contributed by atoms with Crippen molar-refractivity contribution in [3.8, 4) is 0 Å². The Kier molecular flexibility index (Phi) is 5.83. The summed E-state index contributed by atoms with van der Waals surface area (Å²) in [7, 11) is 0. The van der Waals surface area contributed by atoms with Crippen LogP contribution in [0.25, 0.3) is 0 Å². The van der Waals surface area contributed by atoms with Crippen molar-refractivity contribution in [3.63, 3.8) is 0 Å². The van der Waals surface area contributed by atoms with Crippen LogP contribution in [0, 0.1) is 0 Å². The molecule has 0 atom stereocenters. The first-order chi connectivity index (χ1) is 10.2. The highest BCUT2D eigenvalue weighted by Gasteiger charge is 2.46. The maximum absolute atomic E-state index is 12.1. The molecule has 1 saturated carbocycles. The van der Waals surface area contributed by atoms with Crippen LogP contribution in [0.1, 0.15) is 70.6 Å². The molecule has 1 heterocycles.